The van der Waals surface area contributed by atoms with E-state index in [1.807, 2.05) is 25.7 Å². The van der Waals surface area contributed by atoms with Crippen LogP contribution in [0.5, 0.6) is 0 Å². The number of ether oxygens (including phenoxy) is 1. The Morgan fingerprint density at radius 2 is 2.00 bits per heavy atom. The fraction of sp³-hybridized carbons (Fsp3) is 0.700. The van der Waals surface area contributed by atoms with E-state index in [0.717, 1.165) is 12.1 Å². The zero-order valence-electron chi connectivity index (χ0n) is 8.96. The number of carbonyl (C=O) groups is 1. The van der Waals surface area contributed by atoms with Crippen LogP contribution in [0.1, 0.15) is 20.8 Å². The van der Waals surface area contributed by atoms with Gasteiger partial charge in [-0.1, -0.05) is 12.2 Å². The van der Waals surface area contributed by atoms with Crippen molar-refractivity contribution in [3.63, 3.8) is 0 Å². The predicted molar refractivity (Wildman–Crippen MR) is 53.5 cm³/mol. The second-order valence-corrected chi connectivity index (χ2v) is 3.53. The van der Waals surface area contributed by atoms with Crippen LogP contribution in [0.2, 0.25) is 0 Å². The number of rotatable bonds is 5. The van der Waals surface area contributed by atoms with E-state index in [-0.39, 0.29) is 5.97 Å². The summed E-state index contributed by atoms with van der Waals surface area (Å²) >= 11 is 0. The summed E-state index contributed by atoms with van der Waals surface area (Å²) in [5, 5.41) is 0. The summed E-state index contributed by atoms with van der Waals surface area (Å²) in [6.45, 7) is 10.9. The van der Waals surface area contributed by atoms with Gasteiger partial charge in [-0.05, 0) is 20.8 Å². The summed E-state index contributed by atoms with van der Waals surface area (Å²) in [7, 11) is 1.40. The van der Waals surface area contributed by atoms with Gasteiger partial charge in [-0.2, -0.15) is 0 Å². The highest BCUT2D eigenvalue weighted by Crippen LogP contribution is 2.02. The van der Waals surface area contributed by atoms with Crippen LogP contribution >= 0.6 is 0 Å². The summed E-state index contributed by atoms with van der Waals surface area (Å²) in [6.07, 6.45) is 0. The molecular weight excluding hydrogens is 166 g/mol. The molecular formula is C10H19NO2. The molecule has 0 aromatic rings. The smallest absolute Gasteiger partial charge is 0.319 e. The molecule has 76 valence electrons. The first kappa shape index (κ1) is 12.2. The van der Waals surface area contributed by atoms with Gasteiger partial charge >= 0.3 is 5.97 Å². The third-order valence-electron chi connectivity index (χ3n) is 1.76. The number of carbonyl (C=O) groups excluding carboxylic acids is 1. The second-order valence-electron chi connectivity index (χ2n) is 3.53. The van der Waals surface area contributed by atoms with Gasteiger partial charge in [-0.3, -0.25) is 9.69 Å². The highest BCUT2D eigenvalue weighted by atomic mass is 16.5. The molecule has 0 radical (unpaired) electrons. The maximum atomic E-state index is 11.0. The monoisotopic (exact) mass is 185 g/mol. The summed E-state index contributed by atoms with van der Waals surface area (Å²) in [4.78, 5) is 13.0. The number of hydrogen-bond acceptors (Lipinski definition) is 3. The fourth-order valence-electron chi connectivity index (χ4n) is 0.998. The Hall–Kier alpha value is -0.830. The molecule has 0 spiro atoms. The van der Waals surface area contributed by atoms with Gasteiger partial charge in [0, 0.05) is 12.6 Å². The van der Waals surface area contributed by atoms with E-state index in [9.17, 15) is 4.79 Å². The van der Waals surface area contributed by atoms with Crippen molar-refractivity contribution in [2.75, 3.05) is 20.2 Å². The molecule has 3 nitrogen and oxygen atoms in total. The molecule has 13 heavy (non-hydrogen) atoms. The molecule has 0 aromatic heterocycles. The van der Waals surface area contributed by atoms with E-state index in [4.69, 9.17) is 0 Å². The minimum atomic E-state index is -0.199. The van der Waals surface area contributed by atoms with Crippen LogP contribution in [0, 0.1) is 0 Å². The first-order valence-corrected chi connectivity index (χ1v) is 4.42. The minimum Gasteiger partial charge on any atom is -0.468 e. The molecule has 0 fully saturated rings. The maximum Gasteiger partial charge on any atom is 0.319 e. The summed E-state index contributed by atoms with van der Waals surface area (Å²) in [5.41, 5.74) is 1.05. The third-order valence-corrected chi connectivity index (χ3v) is 1.76. The van der Waals surface area contributed by atoms with E-state index in [1.165, 1.54) is 7.11 Å². The normalized spacial score (nSPS) is 10.6. The van der Waals surface area contributed by atoms with Gasteiger partial charge in [0.1, 0.15) is 0 Å². The quantitative estimate of drug-likeness (QED) is 0.479. The molecule has 0 heterocycles. The number of methoxy groups -OCH3 is 1. The molecule has 0 bridgehead atoms. The SMILES string of the molecule is C=C(C)CN(CC(=O)OC)C(C)C. The van der Waals surface area contributed by atoms with Gasteiger partial charge in [-0.25, -0.2) is 0 Å². The Balaban J connectivity index is 4.09. The lowest BCUT2D eigenvalue weighted by molar-refractivity contribution is -0.142. The largest absolute Gasteiger partial charge is 0.468 e. The van der Waals surface area contributed by atoms with Gasteiger partial charge < -0.3 is 4.74 Å². The van der Waals surface area contributed by atoms with Crippen molar-refractivity contribution >= 4 is 5.97 Å². The lowest BCUT2D eigenvalue weighted by Gasteiger charge is -2.24. The maximum absolute atomic E-state index is 11.0. The lowest BCUT2D eigenvalue weighted by Crippen LogP contribution is -2.37. The van der Waals surface area contributed by atoms with Gasteiger partial charge in [-0.15, -0.1) is 0 Å². The Morgan fingerprint density at radius 1 is 1.46 bits per heavy atom. The number of hydrogen-bond donors (Lipinski definition) is 0. The number of nitrogens with zero attached hydrogens (tertiary/aromatic N) is 1. The highest BCUT2D eigenvalue weighted by Gasteiger charge is 2.13. The van der Waals surface area contributed by atoms with E-state index >= 15 is 0 Å². The predicted octanol–water partition coefficient (Wildman–Crippen LogP) is 1.45. The van der Waals surface area contributed by atoms with Crippen molar-refractivity contribution in [3.05, 3.63) is 12.2 Å². The molecule has 0 atom stereocenters. The van der Waals surface area contributed by atoms with E-state index in [1.54, 1.807) is 0 Å². The summed E-state index contributed by atoms with van der Waals surface area (Å²) < 4.78 is 4.60. The molecule has 0 aliphatic heterocycles. The van der Waals surface area contributed by atoms with Crippen LogP contribution in [0.3, 0.4) is 0 Å². The minimum absolute atomic E-state index is 0.199. The topological polar surface area (TPSA) is 29.5 Å². The molecule has 0 saturated heterocycles. The van der Waals surface area contributed by atoms with Crippen LogP contribution in [0.4, 0.5) is 0 Å². The molecule has 0 aromatic carbocycles. The van der Waals surface area contributed by atoms with Crippen LogP contribution in [0.15, 0.2) is 12.2 Å². The average Bonchev–Trinajstić information content (AvgIpc) is 2.02. The molecule has 0 rings (SSSR count). The van der Waals surface area contributed by atoms with Crippen molar-refractivity contribution in [2.24, 2.45) is 0 Å². The van der Waals surface area contributed by atoms with Crippen LogP contribution in [0.25, 0.3) is 0 Å². The standard InChI is InChI=1S/C10H19NO2/c1-8(2)6-11(9(3)4)7-10(12)13-5/h9H,1,6-7H2,2-5H3. The molecule has 0 unspecified atom stereocenters. The first-order valence-electron chi connectivity index (χ1n) is 4.42. The third kappa shape index (κ3) is 5.42. The molecule has 0 amide bonds. The number of esters is 1. The Labute approximate surface area is 80.4 Å². The van der Waals surface area contributed by atoms with Crippen molar-refractivity contribution in [2.45, 2.75) is 26.8 Å². The Bertz CT molecular complexity index is 187. The van der Waals surface area contributed by atoms with Gasteiger partial charge in [0.2, 0.25) is 0 Å². The molecule has 3 heteroatoms. The fourth-order valence-corrected chi connectivity index (χ4v) is 0.998. The van der Waals surface area contributed by atoms with Crippen molar-refractivity contribution in [1.82, 2.24) is 4.90 Å². The summed E-state index contributed by atoms with van der Waals surface area (Å²) in [6, 6.07) is 0.329. The van der Waals surface area contributed by atoms with Crippen LogP contribution in [-0.4, -0.2) is 37.1 Å². The highest BCUT2D eigenvalue weighted by molar-refractivity contribution is 5.71. The van der Waals surface area contributed by atoms with Gasteiger partial charge in [0.05, 0.1) is 13.7 Å². The van der Waals surface area contributed by atoms with E-state index in [0.29, 0.717) is 12.6 Å². The zero-order chi connectivity index (χ0) is 10.4. The Kier molecular flexibility index (Phi) is 5.39. The zero-order valence-corrected chi connectivity index (χ0v) is 8.96. The van der Waals surface area contributed by atoms with Crippen LogP contribution < -0.4 is 0 Å². The van der Waals surface area contributed by atoms with Gasteiger partial charge in [0.15, 0.2) is 0 Å². The first-order chi connectivity index (χ1) is 5.97. The molecule has 0 aliphatic carbocycles. The average molecular weight is 185 g/mol. The molecule has 0 N–H and O–H groups in total. The van der Waals surface area contributed by atoms with E-state index in [2.05, 4.69) is 11.3 Å². The van der Waals surface area contributed by atoms with Gasteiger partial charge in [0.25, 0.3) is 0 Å². The van der Waals surface area contributed by atoms with Crippen molar-refractivity contribution < 1.29 is 9.53 Å². The van der Waals surface area contributed by atoms with E-state index < -0.39 is 0 Å². The lowest BCUT2D eigenvalue weighted by atomic mass is 10.2. The summed E-state index contributed by atoms with van der Waals surface area (Å²) in [5.74, 6) is -0.199. The molecule has 0 aliphatic rings. The second kappa shape index (κ2) is 5.75. The van der Waals surface area contributed by atoms with Crippen molar-refractivity contribution in [1.29, 1.82) is 0 Å². The molecule has 0 saturated carbocycles. The van der Waals surface area contributed by atoms with Crippen molar-refractivity contribution in [3.8, 4) is 0 Å². The van der Waals surface area contributed by atoms with Crippen LogP contribution in [-0.2, 0) is 9.53 Å². The Morgan fingerprint density at radius 3 is 2.31 bits per heavy atom.